The van der Waals surface area contributed by atoms with Crippen LogP contribution in [0.15, 0.2) is 22.7 Å². The lowest BCUT2D eigenvalue weighted by Crippen LogP contribution is -2.27. The number of hydrogen-bond acceptors (Lipinski definition) is 4. The number of nitrogens with two attached hydrogens (primary N) is 2. The molecule has 0 aliphatic rings. The molecule has 0 aliphatic carbocycles. The molecule has 1 amide bonds. The fourth-order valence-corrected chi connectivity index (χ4v) is 2.38. The number of sulfonamides is 1. The number of halogens is 1. The summed E-state index contributed by atoms with van der Waals surface area (Å²) in [5, 5.41) is 7.43. The van der Waals surface area contributed by atoms with Gasteiger partial charge in [-0.1, -0.05) is 15.9 Å². The maximum Gasteiger partial charge on any atom is 0.251 e. The summed E-state index contributed by atoms with van der Waals surface area (Å²) in [6, 6.07) is 4.85. The van der Waals surface area contributed by atoms with Crippen LogP contribution in [0, 0.1) is 0 Å². The molecule has 5 N–H and O–H groups in total. The van der Waals surface area contributed by atoms with Gasteiger partial charge in [0.25, 0.3) is 5.91 Å². The van der Waals surface area contributed by atoms with Crippen molar-refractivity contribution in [3.8, 4) is 0 Å². The molecule has 0 unspecified atom stereocenters. The molecule has 1 aromatic carbocycles. The Balaban J connectivity index is 2.51. The molecule has 8 heteroatoms. The van der Waals surface area contributed by atoms with Crippen LogP contribution in [0.1, 0.15) is 16.8 Å². The topological polar surface area (TPSA) is 115 Å². The lowest BCUT2D eigenvalue weighted by molar-refractivity contribution is 0.0953. The molecule has 0 spiro atoms. The Kier molecular flexibility index (Phi) is 5.12. The van der Waals surface area contributed by atoms with E-state index >= 15 is 0 Å². The van der Waals surface area contributed by atoms with Gasteiger partial charge in [-0.3, -0.25) is 4.79 Å². The second-order valence-corrected chi connectivity index (χ2v) is 6.40. The molecule has 0 fully saturated rings. The minimum Gasteiger partial charge on any atom is -0.399 e. The van der Waals surface area contributed by atoms with Crippen molar-refractivity contribution in [1.82, 2.24) is 5.32 Å². The Morgan fingerprint density at radius 3 is 2.56 bits per heavy atom. The number of amides is 1. The number of nitrogen functional groups attached to an aromatic ring is 1. The first-order chi connectivity index (χ1) is 8.28. The van der Waals surface area contributed by atoms with Crippen molar-refractivity contribution < 1.29 is 13.2 Å². The molecule has 0 atom stereocenters. The standard InChI is InChI=1S/C10H14BrN3O3S/c11-8-4-7(5-9(12)6-8)10(15)14-2-1-3-18(13,16)17/h4-6H,1-3,12H2,(H,14,15)(H2,13,16,17). The van der Waals surface area contributed by atoms with Gasteiger partial charge in [0.15, 0.2) is 0 Å². The number of nitrogens with one attached hydrogen (secondary N) is 1. The summed E-state index contributed by atoms with van der Waals surface area (Å²) in [7, 11) is -3.48. The van der Waals surface area contributed by atoms with Crippen LogP contribution in [-0.2, 0) is 10.0 Å². The van der Waals surface area contributed by atoms with Gasteiger partial charge < -0.3 is 11.1 Å². The SMILES string of the molecule is Nc1cc(Br)cc(C(=O)NCCCS(N)(=O)=O)c1. The molecule has 0 saturated carbocycles. The highest BCUT2D eigenvalue weighted by molar-refractivity contribution is 9.10. The Hall–Kier alpha value is -1.12. The van der Waals surface area contributed by atoms with Crippen LogP contribution in [0.3, 0.4) is 0 Å². The summed E-state index contributed by atoms with van der Waals surface area (Å²) in [6.07, 6.45) is 0.272. The molecule has 0 heterocycles. The van der Waals surface area contributed by atoms with Gasteiger partial charge in [-0.2, -0.15) is 0 Å². The minimum absolute atomic E-state index is 0.159. The second-order valence-electron chi connectivity index (χ2n) is 3.75. The monoisotopic (exact) mass is 335 g/mol. The van der Waals surface area contributed by atoms with Gasteiger partial charge in [-0.25, -0.2) is 13.6 Å². The van der Waals surface area contributed by atoms with E-state index in [-0.39, 0.29) is 24.6 Å². The van der Waals surface area contributed by atoms with Crippen molar-refractivity contribution in [3.63, 3.8) is 0 Å². The summed E-state index contributed by atoms with van der Waals surface area (Å²) in [5.41, 5.74) is 6.49. The fourth-order valence-electron chi connectivity index (χ4n) is 1.32. The summed E-state index contributed by atoms with van der Waals surface area (Å²) in [6.45, 7) is 0.238. The first kappa shape index (κ1) is 14.9. The van der Waals surface area contributed by atoms with E-state index < -0.39 is 10.0 Å². The minimum atomic E-state index is -3.48. The van der Waals surface area contributed by atoms with Crippen molar-refractivity contribution in [1.29, 1.82) is 0 Å². The second kappa shape index (κ2) is 6.17. The zero-order chi connectivity index (χ0) is 13.8. The molecular formula is C10H14BrN3O3S. The van der Waals surface area contributed by atoms with Gasteiger partial charge in [0.2, 0.25) is 10.0 Å². The molecule has 6 nitrogen and oxygen atoms in total. The Morgan fingerprint density at radius 1 is 1.33 bits per heavy atom. The fraction of sp³-hybridized carbons (Fsp3) is 0.300. The van der Waals surface area contributed by atoms with Crippen molar-refractivity contribution in [2.24, 2.45) is 5.14 Å². The molecule has 1 aromatic rings. The molecule has 1 rings (SSSR count). The molecular weight excluding hydrogens is 322 g/mol. The molecule has 0 radical (unpaired) electrons. The third-order valence-electron chi connectivity index (χ3n) is 2.07. The van der Waals surface area contributed by atoms with Gasteiger partial charge in [-0.05, 0) is 24.6 Å². The number of carbonyl (C=O) groups is 1. The number of hydrogen-bond donors (Lipinski definition) is 3. The maximum atomic E-state index is 11.7. The van der Waals surface area contributed by atoms with Crippen LogP contribution in [0.25, 0.3) is 0 Å². The largest absolute Gasteiger partial charge is 0.399 e. The lowest BCUT2D eigenvalue weighted by Gasteiger charge is -2.06. The lowest BCUT2D eigenvalue weighted by atomic mass is 10.2. The van der Waals surface area contributed by atoms with E-state index in [2.05, 4.69) is 21.2 Å². The molecule has 18 heavy (non-hydrogen) atoms. The van der Waals surface area contributed by atoms with Crippen molar-refractivity contribution in [2.75, 3.05) is 18.0 Å². The molecule has 0 saturated heterocycles. The van der Waals surface area contributed by atoms with E-state index in [1.54, 1.807) is 18.2 Å². The molecule has 100 valence electrons. The number of carbonyl (C=O) groups excluding carboxylic acids is 1. The van der Waals surface area contributed by atoms with Crippen LogP contribution < -0.4 is 16.2 Å². The first-order valence-corrected chi connectivity index (χ1v) is 7.63. The van der Waals surface area contributed by atoms with E-state index in [1.165, 1.54) is 0 Å². The van der Waals surface area contributed by atoms with Crippen LogP contribution in [0.5, 0.6) is 0 Å². The smallest absolute Gasteiger partial charge is 0.251 e. The highest BCUT2D eigenvalue weighted by atomic mass is 79.9. The summed E-state index contributed by atoms with van der Waals surface area (Å²) in [4.78, 5) is 11.7. The van der Waals surface area contributed by atoms with Crippen molar-refractivity contribution >= 4 is 37.5 Å². The number of rotatable bonds is 5. The quantitative estimate of drug-likeness (QED) is 0.534. The predicted octanol–water partition coefficient (Wildman–Crippen LogP) is 0.440. The Morgan fingerprint density at radius 2 is 2.00 bits per heavy atom. The summed E-state index contributed by atoms with van der Waals surface area (Å²) < 4.78 is 22.1. The highest BCUT2D eigenvalue weighted by Gasteiger charge is 2.08. The number of anilines is 1. The normalized spacial score (nSPS) is 11.2. The van der Waals surface area contributed by atoms with Gasteiger partial charge >= 0.3 is 0 Å². The zero-order valence-corrected chi connectivity index (χ0v) is 11.9. The van der Waals surface area contributed by atoms with Crippen LogP contribution >= 0.6 is 15.9 Å². The van der Waals surface area contributed by atoms with E-state index in [1.807, 2.05) is 0 Å². The van der Waals surface area contributed by atoms with E-state index in [4.69, 9.17) is 10.9 Å². The van der Waals surface area contributed by atoms with E-state index in [9.17, 15) is 13.2 Å². The van der Waals surface area contributed by atoms with Crippen LogP contribution in [-0.4, -0.2) is 26.6 Å². The summed E-state index contributed by atoms with van der Waals surface area (Å²) >= 11 is 3.23. The molecule has 0 aromatic heterocycles. The third-order valence-corrected chi connectivity index (χ3v) is 3.39. The van der Waals surface area contributed by atoms with Gasteiger partial charge in [0.1, 0.15) is 0 Å². The molecule has 0 bridgehead atoms. The van der Waals surface area contributed by atoms with E-state index in [0.717, 1.165) is 0 Å². The van der Waals surface area contributed by atoms with Gasteiger partial charge in [-0.15, -0.1) is 0 Å². The average Bonchev–Trinajstić information content (AvgIpc) is 2.21. The van der Waals surface area contributed by atoms with Crippen LogP contribution in [0.2, 0.25) is 0 Å². The third kappa shape index (κ3) is 5.48. The number of benzene rings is 1. The van der Waals surface area contributed by atoms with E-state index in [0.29, 0.717) is 15.7 Å². The zero-order valence-electron chi connectivity index (χ0n) is 9.52. The van der Waals surface area contributed by atoms with Gasteiger partial charge in [0, 0.05) is 22.3 Å². The Bertz CT molecular complexity index is 525. The summed E-state index contributed by atoms with van der Waals surface area (Å²) in [5.74, 6) is -0.467. The first-order valence-electron chi connectivity index (χ1n) is 5.13. The van der Waals surface area contributed by atoms with Crippen molar-refractivity contribution in [3.05, 3.63) is 28.2 Å². The molecule has 0 aliphatic heterocycles. The predicted molar refractivity (Wildman–Crippen MR) is 73.5 cm³/mol. The average molecular weight is 336 g/mol. The van der Waals surface area contributed by atoms with Crippen LogP contribution in [0.4, 0.5) is 5.69 Å². The Labute approximate surface area is 114 Å². The van der Waals surface area contributed by atoms with Crippen molar-refractivity contribution in [2.45, 2.75) is 6.42 Å². The number of primary sulfonamides is 1. The maximum absolute atomic E-state index is 11.7. The van der Waals surface area contributed by atoms with Gasteiger partial charge in [0.05, 0.1) is 5.75 Å². The highest BCUT2D eigenvalue weighted by Crippen LogP contribution is 2.17.